The Morgan fingerprint density at radius 3 is 2.76 bits per heavy atom. The van der Waals surface area contributed by atoms with Crippen molar-refractivity contribution in [2.24, 2.45) is 5.41 Å². The maximum absolute atomic E-state index is 11.9. The highest BCUT2D eigenvalue weighted by Crippen LogP contribution is 2.19. The van der Waals surface area contributed by atoms with Gasteiger partial charge in [-0.15, -0.1) is 11.6 Å². The van der Waals surface area contributed by atoms with Crippen molar-refractivity contribution < 1.29 is 4.79 Å². The van der Waals surface area contributed by atoms with E-state index in [-0.39, 0.29) is 11.3 Å². The first-order chi connectivity index (χ1) is 7.94. The molecule has 0 saturated heterocycles. The van der Waals surface area contributed by atoms with Gasteiger partial charge in [0.25, 0.3) is 5.91 Å². The van der Waals surface area contributed by atoms with Crippen molar-refractivity contribution in [2.75, 3.05) is 12.4 Å². The molecule has 1 aromatic carbocycles. The van der Waals surface area contributed by atoms with E-state index in [1.54, 1.807) is 0 Å². The smallest absolute Gasteiger partial charge is 0.251 e. The molecule has 0 spiro atoms. The lowest BCUT2D eigenvalue weighted by molar-refractivity contribution is 0.0936. The molecule has 0 unspecified atom stereocenters. The molecule has 1 amide bonds. The van der Waals surface area contributed by atoms with E-state index >= 15 is 0 Å². The lowest BCUT2D eigenvalue weighted by Crippen LogP contribution is -2.34. The van der Waals surface area contributed by atoms with Crippen molar-refractivity contribution in [3.63, 3.8) is 0 Å². The third-order valence-corrected chi connectivity index (χ3v) is 3.45. The summed E-state index contributed by atoms with van der Waals surface area (Å²) in [5, 5.41) is 2.95. The minimum absolute atomic E-state index is 0.0221. The van der Waals surface area contributed by atoms with Crippen LogP contribution in [0.3, 0.4) is 0 Å². The van der Waals surface area contributed by atoms with Crippen LogP contribution in [-0.2, 0) is 0 Å². The Bertz CT molecular complexity index is 393. The van der Waals surface area contributed by atoms with E-state index in [1.165, 1.54) is 0 Å². The number of alkyl halides is 1. The predicted octanol–water partition coefficient (Wildman–Crippen LogP) is 3.68. The third-order valence-electron chi connectivity index (χ3n) is 2.59. The Balaban J connectivity index is 2.56. The van der Waals surface area contributed by atoms with Crippen LogP contribution in [-0.4, -0.2) is 18.3 Å². The molecular weight excluding hydrogens is 349 g/mol. The first kappa shape index (κ1) is 14.8. The lowest BCUT2D eigenvalue weighted by atomic mass is 9.90. The molecule has 0 bridgehead atoms. The molecule has 0 heterocycles. The first-order valence-corrected chi connectivity index (χ1v) is 7.16. The average Bonchev–Trinajstić information content (AvgIpc) is 2.26. The minimum Gasteiger partial charge on any atom is -0.352 e. The molecule has 17 heavy (non-hydrogen) atoms. The molecule has 1 aromatic rings. The van der Waals surface area contributed by atoms with E-state index in [0.29, 0.717) is 18.0 Å². The molecular formula is C13H17ClINO. The zero-order chi connectivity index (χ0) is 12.9. The molecule has 4 heteroatoms. The Morgan fingerprint density at radius 1 is 1.47 bits per heavy atom. The summed E-state index contributed by atoms with van der Waals surface area (Å²) in [6.45, 7) is 4.85. The first-order valence-electron chi connectivity index (χ1n) is 5.54. The number of amides is 1. The van der Waals surface area contributed by atoms with Gasteiger partial charge in [-0.2, -0.15) is 0 Å². The molecule has 0 aliphatic heterocycles. The van der Waals surface area contributed by atoms with Crippen molar-refractivity contribution in [3.8, 4) is 0 Å². The van der Waals surface area contributed by atoms with Gasteiger partial charge in [-0.1, -0.05) is 19.9 Å². The molecule has 94 valence electrons. The number of hydrogen-bond donors (Lipinski definition) is 1. The van der Waals surface area contributed by atoms with Crippen LogP contribution in [0.25, 0.3) is 0 Å². The summed E-state index contributed by atoms with van der Waals surface area (Å²) in [7, 11) is 0. The highest BCUT2D eigenvalue weighted by Gasteiger charge is 2.18. The molecule has 0 aliphatic rings. The van der Waals surface area contributed by atoms with E-state index in [2.05, 4.69) is 41.8 Å². The van der Waals surface area contributed by atoms with Crippen LogP contribution in [0.4, 0.5) is 0 Å². The Morgan fingerprint density at radius 2 is 2.18 bits per heavy atom. The van der Waals surface area contributed by atoms with Gasteiger partial charge in [0.1, 0.15) is 0 Å². The maximum Gasteiger partial charge on any atom is 0.251 e. The Hall–Kier alpha value is -0.290. The standard InChI is InChI=1S/C13H17ClINO/c1-13(2,6-7-14)9-16-12(17)10-4-3-5-11(15)8-10/h3-5,8H,6-7,9H2,1-2H3,(H,16,17). The van der Waals surface area contributed by atoms with Crippen molar-refractivity contribution in [3.05, 3.63) is 33.4 Å². The topological polar surface area (TPSA) is 29.1 Å². The van der Waals surface area contributed by atoms with Gasteiger partial charge < -0.3 is 5.32 Å². The average molecular weight is 366 g/mol. The zero-order valence-corrected chi connectivity index (χ0v) is 13.0. The second kappa shape index (κ2) is 6.59. The molecule has 0 aromatic heterocycles. The van der Waals surface area contributed by atoms with Gasteiger partial charge in [0, 0.05) is 21.6 Å². The van der Waals surface area contributed by atoms with E-state index < -0.39 is 0 Å². The van der Waals surface area contributed by atoms with Crippen LogP contribution in [0.2, 0.25) is 0 Å². The number of benzene rings is 1. The highest BCUT2D eigenvalue weighted by atomic mass is 127. The molecule has 0 atom stereocenters. The summed E-state index contributed by atoms with van der Waals surface area (Å²) in [5.74, 6) is 0.595. The van der Waals surface area contributed by atoms with Crippen LogP contribution >= 0.6 is 34.2 Å². The summed E-state index contributed by atoms with van der Waals surface area (Å²) < 4.78 is 1.07. The van der Waals surface area contributed by atoms with Gasteiger partial charge in [0.2, 0.25) is 0 Å². The fourth-order valence-corrected chi connectivity index (χ4v) is 2.45. The van der Waals surface area contributed by atoms with Gasteiger partial charge in [-0.3, -0.25) is 4.79 Å². The molecule has 0 aliphatic carbocycles. The molecule has 2 nitrogen and oxygen atoms in total. The van der Waals surface area contributed by atoms with Crippen LogP contribution in [0.15, 0.2) is 24.3 Å². The summed E-state index contributed by atoms with van der Waals surface area (Å²) in [6, 6.07) is 7.56. The molecule has 0 fully saturated rings. The van der Waals surface area contributed by atoms with Gasteiger partial charge in [-0.05, 0) is 52.6 Å². The van der Waals surface area contributed by atoms with Gasteiger partial charge in [0.05, 0.1) is 0 Å². The SMILES string of the molecule is CC(C)(CCCl)CNC(=O)c1cccc(I)c1. The van der Waals surface area contributed by atoms with Crippen LogP contribution in [0, 0.1) is 8.99 Å². The van der Waals surface area contributed by atoms with Crippen molar-refractivity contribution >= 4 is 40.1 Å². The summed E-state index contributed by atoms with van der Waals surface area (Å²) in [6.07, 6.45) is 0.890. The zero-order valence-electron chi connectivity index (χ0n) is 10.1. The number of nitrogens with one attached hydrogen (secondary N) is 1. The number of carbonyl (C=O) groups is 1. The van der Waals surface area contributed by atoms with E-state index in [0.717, 1.165) is 9.99 Å². The minimum atomic E-state index is -0.0221. The Labute approximate surface area is 121 Å². The van der Waals surface area contributed by atoms with E-state index in [9.17, 15) is 4.79 Å². The number of rotatable bonds is 5. The second-order valence-corrected chi connectivity index (χ2v) is 6.42. The van der Waals surface area contributed by atoms with Crippen LogP contribution in [0.1, 0.15) is 30.6 Å². The predicted molar refractivity (Wildman–Crippen MR) is 80.6 cm³/mol. The molecule has 1 N–H and O–H groups in total. The third kappa shape index (κ3) is 5.25. The normalized spacial score (nSPS) is 11.3. The maximum atomic E-state index is 11.9. The van der Waals surface area contributed by atoms with Gasteiger partial charge in [-0.25, -0.2) is 0 Å². The fourth-order valence-electron chi connectivity index (χ4n) is 1.40. The number of hydrogen-bond acceptors (Lipinski definition) is 1. The number of halogens is 2. The molecule has 0 saturated carbocycles. The summed E-state index contributed by atoms with van der Waals surface area (Å²) in [4.78, 5) is 11.9. The van der Waals surface area contributed by atoms with Crippen molar-refractivity contribution in [1.82, 2.24) is 5.32 Å². The summed E-state index contributed by atoms with van der Waals surface area (Å²) in [5.41, 5.74) is 0.748. The van der Waals surface area contributed by atoms with Crippen molar-refractivity contribution in [1.29, 1.82) is 0 Å². The van der Waals surface area contributed by atoms with Crippen LogP contribution in [0.5, 0.6) is 0 Å². The van der Waals surface area contributed by atoms with E-state index in [1.807, 2.05) is 24.3 Å². The fraction of sp³-hybridized carbons (Fsp3) is 0.462. The van der Waals surface area contributed by atoms with Crippen molar-refractivity contribution in [2.45, 2.75) is 20.3 Å². The lowest BCUT2D eigenvalue weighted by Gasteiger charge is -2.23. The molecule has 0 radical (unpaired) electrons. The summed E-state index contributed by atoms with van der Waals surface area (Å²) >= 11 is 7.92. The van der Waals surface area contributed by atoms with Crippen LogP contribution < -0.4 is 5.32 Å². The van der Waals surface area contributed by atoms with E-state index in [4.69, 9.17) is 11.6 Å². The van der Waals surface area contributed by atoms with Gasteiger partial charge >= 0.3 is 0 Å². The number of carbonyl (C=O) groups excluding carboxylic acids is 1. The highest BCUT2D eigenvalue weighted by molar-refractivity contribution is 14.1. The molecule has 1 rings (SSSR count). The largest absolute Gasteiger partial charge is 0.352 e. The van der Waals surface area contributed by atoms with Gasteiger partial charge in [0.15, 0.2) is 0 Å². The monoisotopic (exact) mass is 365 g/mol. The second-order valence-electron chi connectivity index (χ2n) is 4.80. The quantitative estimate of drug-likeness (QED) is 0.626. The Kier molecular flexibility index (Phi) is 5.73.